The summed E-state index contributed by atoms with van der Waals surface area (Å²) in [5.74, 6) is 0.484. The molecule has 0 aliphatic rings. The first-order chi connectivity index (χ1) is 10.7. The number of hydrogen-bond donors (Lipinski definition) is 1. The minimum absolute atomic E-state index is 0.201. The molecule has 4 rings (SSSR count). The Kier molecular flexibility index (Phi) is 3.03. The molecule has 0 fully saturated rings. The van der Waals surface area contributed by atoms with Crippen molar-refractivity contribution in [1.82, 2.24) is 14.3 Å². The molecule has 1 N–H and O–H groups in total. The maximum absolute atomic E-state index is 12.7. The van der Waals surface area contributed by atoms with E-state index in [4.69, 9.17) is 11.6 Å². The summed E-state index contributed by atoms with van der Waals surface area (Å²) in [4.78, 5) is 20.3. The Balaban J connectivity index is 2.12. The molecule has 4 nitrogen and oxygen atoms in total. The SMILES string of the molecule is O=c1c(-c2nc3ccccc3[nH]2)c(Cl)c2ccccc2n1P. The van der Waals surface area contributed by atoms with Crippen molar-refractivity contribution in [2.75, 3.05) is 0 Å². The van der Waals surface area contributed by atoms with Crippen LogP contribution in [0.4, 0.5) is 0 Å². The zero-order valence-electron chi connectivity index (χ0n) is 11.4. The van der Waals surface area contributed by atoms with E-state index in [0.29, 0.717) is 16.4 Å². The largest absolute Gasteiger partial charge is 0.338 e. The summed E-state index contributed by atoms with van der Waals surface area (Å²) < 4.78 is 1.52. The highest BCUT2D eigenvalue weighted by atomic mass is 35.5. The van der Waals surface area contributed by atoms with Gasteiger partial charge in [0.2, 0.25) is 0 Å². The van der Waals surface area contributed by atoms with E-state index in [1.807, 2.05) is 48.5 Å². The van der Waals surface area contributed by atoms with Crippen molar-refractivity contribution >= 4 is 42.9 Å². The van der Waals surface area contributed by atoms with E-state index in [9.17, 15) is 4.79 Å². The third kappa shape index (κ3) is 1.88. The lowest BCUT2D eigenvalue weighted by atomic mass is 10.1. The van der Waals surface area contributed by atoms with Crippen LogP contribution in [0, 0.1) is 0 Å². The second kappa shape index (κ2) is 4.94. The number of aromatic amines is 1. The highest BCUT2D eigenvalue weighted by Gasteiger charge is 2.18. The molecule has 0 spiro atoms. The maximum Gasteiger partial charge on any atom is 0.266 e. The van der Waals surface area contributed by atoms with Gasteiger partial charge >= 0.3 is 0 Å². The quantitative estimate of drug-likeness (QED) is 0.540. The van der Waals surface area contributed by atoms with E-state index in [0.717, 1.165) is 21.9 Å². The summed E-state index contributed by atoms with van der Waals surface area (Å²) >= 11 is 6.50. The standard InChI is InChI=1S/C16H11ClN3OP/c17-14-9-5-1-4-8-12(9)20(22)16(21)13(14)15-18-10-6-2-3-7-11(10)19-15/h1-8H,22H2,(H,18,19). The Morgan fingerprint density at radius 3 is 2.64 bits per heavy atom. The fraction of sp³-hybridized carbons (Fsp3) is 0. The number of pyridine rings is 1. The van der Waals surface area contributed by atoms with Gasteiger partial charge < -0.3 is 4.98 Å². The third-order valence-corrected chi connectivity index (χ3v) is 4.58. The fourth-order valence-corrected chi connectivity index (χ4v) is 3.29. The van der Waals surface area contributed by atoms with Crippen LogP contribution in [0.25, 0.3) is 33.3 Å². The van der Waals surface area contributed by atoms with Crippen molar-refractivity contribution in [3.05, 3.63) is 63.9 Å². The maximum atomic E-state index is 12.7. The van der Waals surface area contributed by atoms with Crippen LogP contribution in [0.15, 0.2) is 53.3 Å². The number of hydrogen-bond acceptors (Lipinski definition) is 2. The van der Waals surface area contributed by atoms with Crippen molar-refractivity contribution in [3.8, 4) is 11.4 Å². The van der Waals surface area contributed by atoms with Gasteiger partial charge in [-0.3, -0.25) is 9.13 Å². The summed E-state index contributed by atoms with van der Waals surface area (Å²) in [6.45, 7) is 0. The number of benzene rings is 2. The molecule has 0 radical (unpaired) electrons. The van der Waals surface area contributed by atoms with Crippen molar-refractivity contribution in [1.29, 1.82) is 0 Å². The smallest absolute Gasteiger partial charge is 0.266 e. The number of fused-ring (bicyclic) bond motifs is 2. The summed E-state index contributed by atoms with van der Waals surface area (Å²) in [5.41, 5.74) is 2.62. The third-order valence-electron chi connectivity index (χ3n) is 3.68. The van der Waals surface area contributed by atoms with Gasteiger partial charge in [0.05, 0.1) is 21.6 Å². The van der Waals surface area contributed by atoms with Gasteiger partial charge in [-0.05, 0) is 27.6 Å². The molecule has 0 aliphatic carbocycles. The Morgan fingerprint density at radius 1 is 1.09 bits per heavy atom. The average molecular weight is 328 g/mol. The van der Waals surface area contributed by atoms with Crippen molar-refractivity contribution < 1.29 is 0 Å². The second-order valence-corrected chi connectivity index (χ2v) is 5.88. The van der Waals surface area contributed by atoms with E-state index in [2.05, 4.69) is 19.4 Å². The highest BCUT2D eigenvalue weighted by Crippen LogP contribution is 2.31. The van der Waals surface area contributed by atoms with Crippen LogP contribution in [0.3, 0.4) is 0 Å². The molecule has 6 heteroatoms. The molecular formula is C16H11ClN3OP. The number of nitrogens with one attached hydrogen (secondary N) is 1. The van der Waals surface area contributed by atoms with Crippen LogP contribution in [0.2, 0.25) is 5.02 Å². The van der Waals surface area contributed by atoms with Crippen LogP contribution in [0.5, 0.6) is 0 Å². The first-order valence-electron chi connectivity index (χ1n) is 6.70. The van der Waals surface area contributed by atoms with Crippen LogP contribution in [-0.4, -0.2) is 14.3 Å². The molecule has 1 unspecified atom stereocenters. The predicted molar refractivity (Wildman–Crippen MR) is 93.4 cm³/mol. The molecular weight excluding hydrogens is 317 g/mol. The Labute approximate surface area is 133 Å². The fourth-order valence-electron chi connectivity index (χ4n) is 2.60. The molecule has 22 heavy (non-hydrogen) atoms. The highest BCUT2D eigenvalue weighted by molar-refractivity contribution is 7.14. The number of halogens is 1. The van der Waals surface area contributed by atoms with Gasteiger partial charge in [-0.15, -0.1) is 0 Å². The van der Waals surface area contributed by atoms with Gasteiger partial charge in [-0.1, -0.05) is 41.9 Å². The molecule has 2 aromatic heterocycles. The van der Waals surface area contributed by atoms with Crippen LogP contribution in [-0.2, 0) is 0 Å². The molecule has 0 aliphatic heterocycles. The van der Waals surface area contributed by atoms with Crippen LogP contribution in [0.1, 0.15) is 0 Å². The summed E-state index contributed by atoms with van der Waals surface area (Å²) in [6, 6.07) is 15.2. The van der Waals surface area contributed by atoms with Gasteiger partial charge in [-0.25, -0.2) is 4.98 Å². The van der Waals surface area contributed by atoms with Crippen molar-refractivity contribution in [2.24, 2.45) is 0 Å². The van der Waals surface area contributed by atoms with E-state index in [1.54, 1.807) is 0 Å². The molecule has 0 saturated heterocycles. The number of nitrogens with zero attached hydrogens (tertiary/aromatic N) is 2. The summed E-state index contributed by atoms with van der Waals surface area (Å²) in [5, 5.41) is 1.23. The van der Waals surface area contributed by atoms with Crippen LogP contribution >= 0.6 is 21.0 Å². The molecule has 108 valence electrons. The minimum Gasteiger partial charge on any atom is -0.338 e. The topological polar surface area (TPSA) is 50.7 Å². The predicted octanol–water partition coefficient (Wildman–Crippen LogP) is 3.84. The minimum atomic E-state index is -0.201. The molecule has 0 amide bonds. The van der Waals surface area contributed by atoms with E-state index in [-0.39, 0.29) is 5.56 Å². The number of H-pyrrole nitrogens is 1. The average Bonchev–Trinajstić information content (AvgIpc) is 2.96. The van der Waals surface area contributed by atoms with Gasteiger partial charge in [0.1, 0.15) is 11.4 Å². The zero-order chi connectivity index (χ0) is 15.3. The van der Waals surface area contributed by atoms with Crippen molar-refractivity contribution in [2.45, 2.75) is 0 Å². The Morgan fingerprint density at radius 2 is 1.82 bits per heavy atom. The molecule has 4 aromatic rings. The van der Waals surface area contributed by atoms with Gasteiger partial charge in [0, 0.05) is 5.39 Å². The van der Waals surface area contributed by atoms with E-state index >= 15 is 0 Å². The lowest BCUT2D eigenvalue weighted by Crippen LogP contribution is -2.16. The lowest BCUT2D eigenvalue weighted by molar-refractivity contribution is 1.19. The van der Waals surface area contributed by atoms with Gasteiger partial charge in [0.25, 0.3) is 5.56 Å². The Hall–Kier alpha value is -2.16. The first-order valence-corrected chi connectivity index (χ1v) is 7.59. The number of imidazole rings is 1. The number of aromatic nitrogens is 3. The number of rotatable bonds is 1. The number of para-hydroxylation sites is 3. The van der Waals surface area contributed by atoms with E-state index < -0.39 is 0 Å². The molecule has 0 saturated carbocycles. The first kappa shape index (κ1) is 13.5. The molecule has 2 aromatic carbocycles. The second-order valence-electron chi connectivity index (χ2n) is 4.98. The molecule has 1 atom stereocenters. The van der Waals surface area contributed by atoms with Gasteiger partial charge in [0.15, 0.2) is 0 Å². The Bertz CT molecular complexity index is 1050. The summed E-state index contributed by atoms with van der Waals surface area (Å²) in [7, 11) is 2.44. The molecule has 0 bridgehead atoms. The molecule has 2 heterocycles. The van der Waals surface area contributed by atoms with Crippen molar-refractivity contribution in [3.63, 3.8) is 0 Å². The van der Waals surface area contributed by atoms with Gasteiger partial charge in [-0.2, -0.15) is 0 Å². The lowest BCUT2D eigenvalue weighted by Gasteiger charge is -2.09. The van der Waals surface area contributed by atoms with Crippen LogP contribution < -0.4 is 5.56 Å². The zero-order valence-corrected chi connectivity index (χ0v) is 13.3. The normalized spacial score (nSPS) is 11.4. The summed E-state index contributed by atoms with van der Waals surface area (Å²) in [6.07, 6.45) is 0. The monoisotopic (exact) mass is 327 g/mol. The van der Waals surface area contributed by atoms with E-state index in [1.165, 1.54) is 4.34 Å².